The maximum atomic E-state index is 11.8. The Balaban J connectivity index is 1.75. The van der Waals surface area contributed by atoms with Crippen LogP contribution in [0, 0.1) is 0 Å². The van der Waals surface area contributed by atoms with Crippen molar-refractivity contribution in [2.45, 2.75) is 31.1 Å². The Bertz CT molecular complexity index is 737. The predicted octanol–water partition coefficient (Wildman–Crippen LogP) is 1.87. The Hall–Kier alpha value is -2.12. The molecule has 0 saturated heterocycles. The number of amides is 1. The monoisotopic (exact) mass is 350 g/mol. The van der Waals surface area contributed by atoms with Gasteiger partial charge in [-0.1, -0.05) is 19.1 Å². The zero-order valence-corrected chi connectivity index (χ0v) is 14.4. The van der Waals surface area contributed by atoms with Crippen molar-refractivity contribution in [3.8, 4) is 0 Å². The van der Waals surface area contributed by atoms with Gasteiger partial charge in [0.25, 0.3) is 0 Å². The summed E-state index contributed by atoms with van der Waals surface area (Å²) in [4.78, 5) is 12.0. The summed E-state index contributed by atoms with van der Waals surface area (Å²) >= 11 is 0. The largest absolute Gasteiger partial charge is 0.469 e. The van der Waals surface area contributed by atoms with Gasteiger partial charge in [-0.3, -0.25) is 4.79 Å². The highest BCUT2D eigenvalue weighted by molar-refractivity contribution is 7.89. The summed E-state index contributed by atoms with van der Waals surface area (Å²) in [5, 5.41) is 2.85. The number of benzene rings is 1. The smallest absolute Gasteiger partial charge is 0.240 e. The van der Waals surface area contributed by atoms with E-state index < -0.39 is 10.0 Å². The zero-order valence-electron chi connectivity index (χ0n) is 13.6. The molecule has 0 radical (unpaired) electrons. The molecule has 0 saturated carbocycles. The van der Waals surface area contributed by atoms with E-state index in [2.05, 4.69) is 10.0 Å². The molecular formula is C17H22N2O4S. The number of carbonyl (C=O) groups is 1. The molecular weight excluding hydrogens is 328 g/mol. The molecule has 0 atom stereocenters. The first-order valence-corrected chi connectivity index (χ1v) is 9.37. The first-order valence-electron chi connectivity index (χ1n) is 7.89. The van der Waals surface area contributed by atoms with Crippen LogP contribution in [-0.2, 0) is 27.7 Å². The lowest BCUT2D eigenvalue weighted by atomic mass is 10.1. The van der Waals surface area contributed by atoms with Gasteiger partial charge in [0.15, 0.2) is 0 Å². The van der Waals surface area contributed by atoms with Crippen molar-refractivity contribution < 1.29 is 17.6 Å². The lowest BCUT2D eigenvalue weighted by Gasteiger charge is -2.07. The molecule has 2 rings (SSSR count). The van der Waals surface area contributed by atoms with E-state index in [4.69, 9.17) is 4.42 Å². The summed E-state index contributed by atoms with van der Waals surface area (Å²) in [6.45, 7) is 2.60. The van der Waals surface area contributed by atoms with E-state index in [1.54, 1.807) is 43.5 Å². The minimum absolute atomic E-state index is 0.0299. The van der Waals surface area contributed by atoms with Gasteiger partial charge < -0.3 is 9.73 Å². The molecule has 24 heavy (non-hydrogen) atoms. The van der Waals surface area contributed by atoms with E-state index in [1.165, 1.54) is 0 Å². The van der Waals surface area contributed by atoms with Crippen LogP contribution < -0.4 is 10.0 Å². The number of hydrogen-bond acceptors (Lipinski definition) is 4. The van der Waals surface area contributed by atoms with Crippen LogP contribution in [0.15, 0.2) is 52.0 Å². The Morgan fingerprint density at radius 2 is 1.88 bits per heavy atom. The lowest BCUT2D eigenvalue weighted by Crippen LogP contribution is -2.26. The number of furan rings is 1. The van der Waals surface area contributed by atoms with Crippen LogP contribution in [0.5, 0.6) is 0 Å². The number of rotatable bonds is 9. The molecule has 1 amide bonds. The molecule has 0 bridgehead atoms. The molecule has 0 unspecified atom stereocenters. The maximum absolute atomic E-state index is 11.8. The van der Waals surface area contributed by atoms with Crippen molar-refractivity contribution in [2.24, 2.45) is 0 Å². The van der Waals surface area contributed by atoms with E-state index in [9.17, 15) is 13.2 Å². The standard InChI is InChI=1S/C17H22N2O4S/c1-2-19-24(21,22)16-8-5-14(6-9-16)11-12-18-17(20)10-7-15-4-3-13-23-15/h3-6,8-9,13,19H,2,7,10-12H2,1H3,(H,18,20). The minimum Gasteiger partial charge on any atom is -0.469 e. The highest BCUT2D eigenvalue weighted by Crippen LogP contribution is 2.10. The van der Waals surface area contributed by atoms with Gasteiger partial charge in [0.2, 0.25) is 15.9 Å². The molecule has 1 heterocycles. The van der Waals surface area contributed by atoms with Crippen molar-refractivity contribution in [2.75, 3.05) is 13.1 Å². The molecule has 2 aromatic rings. The van der Waals surface area contributed by atoms with Crippen LogP contribution in [0.1, 0.15) is 24.7 Å². The summed E-state index contributed by atoms with van der Waals surface area (Å²) in [7, 11) is -3.42. The zero-order chi connectivity index (χ0) is 17.4. The van der Waals surface area contributed by atoms with E-state index in [0.29, 0.717) is 32.4 Å². The van der Waals surface area contributed by atoms with Gasteiger partial charge in [-0.2, -0.15) is 0 Å². The minimum atomic E-state index is -3.42. The quantitative estimate of drug-likeness (QED) is 0.723. The van der Waals surface area contributed by atoms with E-state index in [-0.39, 0.29) is 10.8 Å². The van der Waals surface area contributed by atoms with Crippen molar-refractivity contribution in [1.29, 1.82) is 0 Å². The third-order valence-corrected chi connectivity index (χ3v) is 5.04. The van der Waals surface area contributed by atoms with Crippen LogP contribution in [0.4, 0.5) is 0 Å². The van der Waals surface area contributed by atoms with Gasteiger partial charge in [-0.25, -0.2) is 13.1 Å². The molecule has 130 valence electrons. The summed E-state index contributed by atoms with van der Waals surface area (Å²) in [5.74, 6) is 0.764. The highest BCUT2D eigenvalue weighted by Gasteiger charge is 2.11. The number of hydrogen-bond donors (Lipinski definition) is 2. The molecule has 0 aliphatic heterocycles. The summed E-state index contributed by atoms with van der Waals surface area (Å²) in [6, 6.07) is 10.3. The molecule has 0 aliphatic rings. The van der Waals surface area contributed by atoms with Gasteiger partial charge in [0.1, 0.15) is 5.76 Å². The number of aryl methyl sites for hydroxylation is 1. The average Bonchev–Trinajstić information content (AvgIpc) is 3.07. The second-order valence-electron chi connectivity index (χ2n) is 5.32. The van der Waals surface area contributed by atoms with Crippen molar-refractivity contribution in [3.63, 3.8) is 0 Å². The summed E-state index contributed by atoms with van der Waals surface area (Å²) in [6.07, 6.45) is 3.20. The molecule has 2 N–H and O–H groups in total. The fourth-order valence-corrected chi connectivity index (χ4v) is 3.28. The molecule has 6 nitrogen and oxygen atoms in total. The van der Waals surface area contributed by atoms with Crippen LogP contribution in [-0.4, -0.2) is 27.4 Å². The van der Waals surface area contributed by atoms with E-state index in [1.807, 2.05) is 6.07 Å². The van der Waals surface area contributed by atoms with Crippen LogP contribution in [0.3, 0.4) is 0 Å². The van der Waals surface area contributed by atoms with Gasteiger partial charge in [0.05, 0.1) is 11.2 Å². The number of carbonyl (C=O) groups excluding carboxylic acids is 1. The van der Waals surface area contributed by atoms with E-state index in [0.717, 1.165) is 11.3 Å². The SMILES string of the molecule is CCNS(=O)(=O)c1ccc(CCNC(=O)CCc2ccco2)cc1. The van der Waals surface area contributed by atoms with Crippen LogP contribution in [0.25, 0.3) is 0 Å². The molecule has 0 spiro atoms. The molecule has 1 aromatic heterocycles. The topological polar surface area (TPSA) is 88.4 Å². The predicted molar refractivity (Wildman–Crippen MR) is 91.0 cm³/mol. The normalized spacial score (nSPS) is 11.4. The Morgan fingerprint density at radius 1 is 1.12 bits per heavy atom. The third-order valence-electron chi connectivity index (χ3n) is 3.48. The van der Waals surface area contributed by atoms with Gasteiger partial charge >= 0.3 is 0 Å². The highest BCUT2D eigenvalue weighted by atomic mass is 32.2. The summed E-state index contributed by atoms with van der Waals surface area (Å²) in [5.41, 5.74) is 0.969. The van der Waals surface area contributed by atoms with Gasteiger partial charge in [-0.15, -0.1) is 0 Å². The fraction of sp³-hybridized carbons (Fsp3) is 0.353. The first kappa shape index (κ1) is 18.2. The maximum Gasteiger partial charge on any atom is 0.240 e. The Labute approximate surface area is 142 Å². The molecule has 0 aliphatic carbocycles. The van der Waals surface area contributed by atoms with E-state index >= 15 is 0 Å². The number of sulfonamides is 1. The molecule has 1 aromatic carbocycles. The molecule has 7 heteroatoms. The van der Waals surface area contributed by atoms with Crippen LogP contribution in [0.2, 0.25) is 0 Å². The first-order chi connectivity index (χ1) is 11.5. The summed E-state index contributed by atoms with van der Waals surface area (Å²) < 4.78 is 31.3. The third kappa shape index (κ3) is 5.50. The van der Waals surface area contributed by atoms with Gasteiger partial charge in [-0.05, 0) is 36.2 Å². The van der Waals surface area contributed by atoms with Crippen LogP contribution >= 0.6 is 0 Å². The Morgan fingerprint density at radius 3 is 2.50 bits per heavy atom. The van der Waals surface area contributed by atoms with Gasteiger partial charge in [0, 0.05) is 25.9 Å². The van der Waals surface area contributed by atoms with Crippen molar-refractivity contribution in [1.82, 2.24) is 10.0 Å². The number of nitrogens with one attached hydrogen (secondary N) is 2. The second kappa shape index (κ2) is 8.65. The second-order valence-corrected chi connectivity index (χ2v) is 7.09. The fourth-order valence-electron chi connectivity index (χ4n) is 2.23. The average molecular weight is 350 g/mol. The lowest BCUT2D eigenvalue weighted by molar-refractivity contribution is -0.121. The van der Waals surface area contributed by atoms with Crippen molar-refractivity contribution >= 4 is 15.9 Å². The molecule has 0 fully saturated rings. The van der Waals surface area contributed by atoms with Crippen molar-refractivity contribution in [3.05, 3.63) is 54.0 Å². The Kier molecular flexibility index (Phi) is 6.57.